The summed E-state index contributed by atoms with van der Waals surface area (Å²) < 4.78 is 5.21. The maximum absolute atomic E-state index is 5.21. The van der Waals surface area contributed by atoms with E-state index in [0.717, 1.165) is 43.5 Å². The number of aromatic nitrogens is 1. The van der Waals surface area contributed by atoms with E-state index in [2.05, 4.69) is 46.0 Å². The predicted molar refractivity (Wildman–Crippen MR) is 109 cm³/mol. The molecular formula is C16H29IN4OS. The summed E-state index contributed by atoms with van der Waals surface area (Å²) in [4.78, 5) is 6.84. The van der Waals surface area contributed by atoms with Crippen molar-refractivity contribution in [2.24, 2.45) is 10.9 Å². The molecule has 0 radical (unpaired) electrons. The molecule has 1 saturated heterocycles. The molecule has 7 heteroatoms. The van der Waals surface area contributed by atoms with Crippen LogP contribution in [0.1, 0.15) is 30.9 Å². The van der Waals surface area contributed by atoms with Crippen molar-refractivity contribution in [3.05, 3.63) is 17.0 Å². The van der Waals surface area contributed by atoms with Gasteiger partial charge in [-0.05, 0) is 26.2 Å². The molecule has 1 N–H and O–H groups in total. The third-order valence-corrected chi connectivity index (χ3v) is 5.73. The number of nitrogens with one attached hydrogen (secondary N) is 1. The molecule has 1 aromatic heterocycles. The summed E-state index contributed by atoms with van der Waals surface area (Å²) in [5.74, 6) is 3.81. The van der Waals surface area contributed by atoms with Crippen LogP contribution >= 0.6 is 35.7 Å². The zero-order valence-electron chi connectivity index (χ0n) is 14.8. The number of rotatable bonds is 4. The molecule has 1 atom stereocenters. The molecule has 0 saturated carbocycles. The number of hydrogen-bond donors (Lipinski definition) is 1. The number of aliphatic imine (C=N–C) groups is 1. The van der Waals surface area contributed by atoms with Crippen molar-refractivity contribution in [3.63, 3.8) is 0 Å². The van der Waals surface area contributed by atoms with Crippen LogP contribution in [0.2, 0.25) is 0 Å². The predicted octanol–water partition coefficient (Wildman–Crippen LogP) is 3.10. The van der Waals surface area contributed by atoms with Crippen LogP contribution in [0.3, 0.4) is 0 Å². The average molecular weight is 452 g/mol. The highest BCUT2D eigenvalue weighted by molar-refractivity contribution is 14.0. The fourth-order valence-corrected chi connectivity index (χ4v) is 4.06. The molecule has 23 heavy (non-hydrogen) atoms. The van der Waals surface area contributed by atoms with Crippen LogP contribution in [-0.2, 0) is 6.42 Å². The van der Waals surface area contributed by atoms with E-state index in [1.807, 2.05) is 20.9 Å². The molecule has 1 aromatic rings. The molecule has 0 aromatic carbocycles. The molecule has 132 valence electrons. The van der Waals surface area contributed by atoms with Gasteiger partial charge in [-0.1, -0.05) is 19.0 Å². The Morgan fingerprint density at radius 2 is 2.22 bits per heavy atom. The van der Waals surface area contributed by atoms with Crippen LogP contribution in [0.5, 0.6) is 0 Å². The first kappa shape index (κ1) is 20.6. The summed E-state index contributed by atoms with van der Waals surface area (Å²) in [6.07, 6.45) is 0.913. The van der Waals surface area contributed by atoms with Crippen LogP contribution in [0.4, 0.5) is 0 Å². The van der Waals surface area contributed by atoms with Gasteiger partial charge in [-0.3, -0.25) is 4.99 Å². The van der Waals surface area contributed by atoms with E-state index in [0.29, 0.717) is 11.2 Å². The van der Waals surface area contributed by atoms with Gasteiger partial charge in [0.05, 0.1) is 5.69 Å². The van der Waals surface area contributed by atoms with E-state index in [9.17, 15) is 0 Å². The number of hydrogen-bond acceptors (Lipinski definition) is 4. The highest BCUT2D eigenvalue weighted by Gasteiger charge is 2.24. The summed E-state index contributed by atoms with van der Waals surface area (Å²) in [7, 11) is 1.87. The second kappa shape index (κ2) is 9.76. The van der Waals surface area contributed by atoms with Crippen molar-refractivity contribution in [1.82, 2.24) is 15.4 Å². The summed E-state index contributed by atoms with van der Waals surface area (Å²) in [5, 5.41) is 8.19. The number of nitrogens with zero attached hydrogens (tertiary/aromatic N) is 3. The second-order valence-corrected chi connectivity index (χ2v) is 7.47. The van der Waals surface area contributed by atoms with Crippen molar-refractivity contribution in [3.8, 4) is 0 Å². The first-order chi connectivity index (χ1) is 10.5. The lowest BCUT2D eigenvalue weighted by molar-refractivity contribution is 0.381. The third-order valence-electron chi connectivity index (χ3n) is 4.19. The fourth-order valence-electron chi connectivity index (χ4n) is 2.76. The van der Waals surface area contributed by atoms with Crippen LogP contribution in [0, 0.1) is 19.8 Å². The van der Waals surface area contributed by atoms with Gasteiger partial charge in [0.15, 0.2) is 5.96 Å². The molecule has 1 fully saturated rings. The van der Waals surface area contributed by atoms with E-state index in [-0.39, 0.29) is 24.0 Å². The maximum atomic E-state index is 5.21. The minimum atomic E-state index is 0. The highest BCUT2D eigenvalue weighted by Crippen LogP contribution is 2.24. The van der Waals surface area contributed by atoms with Gasteiger partial charge < -0.3 is 14.7 Å². The lowest BCUT2D eigenvalue weighted by Gasteiger charge is -2.36. The van der Waals surface area contributed by atoms with Crippen LogP contribution in [0.25, 0.3) is 0 Å². The maximum Gasteiger partial charge on any atom is 0.193 e. The van der Waals surface area contributed by atoms with Gasteiger partial charge in [0.1, 0.15) is 5.76 Å². The van der Waals surface area contributed by atoms with Crippen LogP contribution in [0.15, 0.2) is 9.52 Å². The molecule has 0 amide bonds. The highest BCUT2D eigenvalue weighted by atomic mass is 127. The lowest BCUT2D eigenvalue weighted by Crippen LogP contribution is -2.49. The minimum absolute atomic E-state index is 0. The lowest BCUT2D eigenvalue weighted by atomic mass is 10.1. The molecule has 0 spiro atoms. The number of guanidine groups is 1. The van der Waals surface area contributed by atoms with Gasteiger partial charge in [0, 0.05) is 43.2 Å². The van der Waals surface area contributed by atoms with Crippen LogP contribution in [-0.4, -0.2) is 53.7 Å². The molecule has 2 rings (SSSR count). The average Bonchev–Trinajstić information content (AvgIpc) is 2.83. The van der Waals surface area contributed by atoms with Crippen molar-refractivity contribution >= 4 is 41.7 Å². The van der Waals surface area contributed by atoms with E-state index in [1.165, 1.54) is 11.3 Å². The Morgan fingerprint density at radius 3 is 2.78 bits per heavy atom. The van der Waals surface area contributed by atoms with E-state index < -0.39 is 0 Å². The second-order valence-electron chi connectivity index (χ2n) is 6.13. The van der Waals surface area contributed by atoms with Crippen molar-refractivity contribution in [2.45, 2.75) is 39.4 Å². The standard InChI is InChI=1S/C16H28N4OS.HI/c1-11(2)15-10-20(8-9-22-15)16(17-5)18-7-6-14-12(3)19-21-13(14)4;/h11,15H,6-10H2,1-5H3,(H,17,18);1H. The van der Waals surface area contributed by atoms with Crippen molar-refractivity contribution < 1.29 is 4.52 Å². The number of halogens is 1. The fraction of sp³-hybridized carbons (Fsp3) is 0.750. The third kappa shape index (κ3) is 5.55. The van der Waals surface area contributed by atoms with Gasteiger partial charge >= 0.3 is 0 Å². The molecule has 1 aliphatic heterocycles. The Balaban J connectivity index is 0.00000264. The Labute approximate surface area is 161 Å². The van der Waals surface area contributed by atoms with Gasteiger partial charge in [-0.2, -0.15) is 11.8 Å². The first-order valence-corrected chi connectivity index (χ1v) is 9.06. The van der Waals surface area contributed by atoms with Gasteiger partial charge in [0.2, 0.25) is 0 Å². The summed E-state index contributed by atoms with van der Waals surface area (Å²) in [5.41, 5.74) is 2.20. The Bertz CT molecular complexity index is 499. The number of aryl methyl sites for hydroxylation is 2. The smallest absolute Gasteiger partial charge is 0.193 e. The van der Waals surface area contributed by atoms with Gasteiger partial charge in [-0.15, -0.1) is 24.0 Å². The summed E-state index contributed by atoms with van der Waals surface area (Å²) >= 11 is 2.08. The molecular weight excluding hydrogens is 423 g/mol. The van der Waals surface area contributed by atoms with Gasteiger partial charge in [0.25, 0.3) is 0 Å². The summed E-state index contributed by atoms with van der Waals surface area (Å²) in [6, 6.07) is 0. The molecule has 0 aliphatic carbocycles. The molecule has 1 unspecified atom stereocenters. The van der Waals surface area contributed by atoms with Crippen molar-refractivity contribution in [1.29, 1.82) is 0 Å². The largest absolute Gasteiger partial charge is 0.361 e. The Morgan fingerprint density at radius 1 is 1.48 bits per heavy atom. The number of thioether (sulfide) groups is 1. The zero-order chi connectivity index (χ0) is 16.1. The molecule has 1 aliphatic rings. The first-order valence-electron chi connectivity index (χ1n) is 8.01. The quantitative estimate of drug-likeness (QED) is 0.432. The molecule has 5 nitrogen and oxygen atoms in total. The van der Waals surface area contributed by atoms with E-state index >= 15 is 0 Å². The van der Waals surface area contributed by atoms with Crippen molar-refractivity contribution in [2.75, 3.05) is 32.4 Å². The normalized spacial score (nSPS) is 19.0. The molecule has 2 heterocycles. The Kier molecular flexibility index (Phi) is 8.74. The van der Waals surface area contributed by atoms with E-state index in [1.54, 1.807) is 0 Å². The zero-order valence-corrected chi connectivity index (χ0v) is 17.9. The Hall–Kier alpha value is -0.440. The SMILES string of the molecule is CN=C(NCCc1c(C)noc1C)N1CCSC(C(C)C)C1.I. The summed E-state index contributed by atoms with van der Waals surface area (Å²) in [6.45, 7) is 11.6. The molecule has 0 bridgehead atoms. The van der Waals surface area contributed by atoms with E-state index in [4.69, 9.17) is 4.52 Å². The monoisotopic (exact) mass is 452 g/mol. The minimum Gasteiger partial charge on any atom is -0.361 e. The van der Waals surface area contributed by atoms with Crippen LogP contribution < -0.4 is 5.32 Å². The topological polar surface area (TPSA) is 53.7 Å². The van der Waals surface area contributed by atoms with Gasteiger partial charge in [-0.25, -0.2) is 0 Å².